The van der Waals surface area contributed by atoms with Gasteiger partial charge in [-0.1, -0.05) is 36.4 Å². The third-order valence-electron chi connectivity index (χ3n) is 7.07. The number of fused-ring (bicyclic) bond motifs is 1. The summed E-state index contributed by atoms with van der Waals surface area (Å²) >= 11 is 0. The van der Waals surface area contributed by atoms with Crippen molar-refractivity contribution in [2.75, 3.05) is 51.4 Å². The van der Waals surface area contributed by atoms with E-state index in [9.17, 15) is 4.79 Å². The second kappa shape index (κ2) is 10.9. The number of rotatable bonds is 7. The van der Waals surface area contributed by atoms with E-state index >= 15 is 0 Å². The Labute approximate surface area is 207 Å². The molecule has 1 fully saturated rings. The van der Waals surface area contributed by atoms with Gasteiger partial charge in [-0.2, -0.15) is 0 Å². The average molecular weight is 472 g/mol. The molecule has 182 valence electrons. The van der Waals surface area contributed by atoms with Gasteiger partial charge in [0, 0.05) is 44.0 Å². The van der Waals surface area contributed by atoms with Gasteiger partial charge in [0.25, 0.3) is 5.91 Å². The lowest BCUT2D eigenvalue weighted by Gasteiger charge is -2.35. The molecule has 1 saturated heterocycles. The summed E-state index contributed by atoms with van der Waals surface area (Å²) in [7, 11) is 1.67. The molecule has 3 aromatic carbocycles. The number of carbonyl (C=O) groups is 1. The van der Waals surface area contributed by atoms with Gasteiger partial charge in [0.05, 0.1) is 26.4 Å². The first-order valence-corrected chi connectivity index (χ1v) is 12.4. The number of anilines is 1. The zero-order valence-corrected chi connectivity index (χ0v) is 20.3. The zero-order valence-electron chi connectivity index (χ0n) is 20.3. The van der Waals surface area contributed by atoms with Crippen molar-refractivity contribution in [3.63, 3.8) is 0 Å². The summed E-state index contributed by atoms with van der Waals surface area (Å²) in [4.78, 5) is 17.8. The fourth-order valence-electron chi connectivity index (χ4n) is 5.00. The number of morpholine rings is 1. The quantitative estimate of drug-likeness (QED) is 0.563. The summed E-state index contributed by atoms with van der Waals surface area (Å²) in [6.45, 7) is 5.55. The standard InChI is InChI=1S/C29H33N3O3/c1-34-27-12-8-23(9-13-27)28(31-16-18-35-19-17-31)20-30-29(33)24-6-10-26(11-7-24)32-15-14-22-4-2-3-5-25(22)21-32/h2-13,28H,14-21H2,1H3,(H,30,33). The van der Waals surface area contributed by atoms with Crippen molar-refractivity contribution in [1.82, 2.24) is 10.2 Å². The van der Waals surface area contributed by atoms with E-state index in [1.54, 1.807) is 7.11 Å². The number of nitrogens with one attached hydrogen (secondary N) is 1. The molecule has 2 heterocycles. The van der Waals surface area contributed by atoms with E-state index in [0.29, 0.717) is 25.3 Å². The van der Waals surface area contributed by atoms with Crippen molar-refractivity contribution < 1.29 is 14.3 Å². The van der Waals surface area contributed by atoms with E-state index in [1.165, 1.54) is 11.1 Å². The van der Waals surface area contributed by atoms with Gasteiger partial charge in [-0.15, -0.1) is 0 Å². The molecule has 1 unspecified atom stereocenters. The van der Waals surface area contributed by atoms with Gasteiger partial charge in [0.1, 0.15) is 5.75 Å². The first kappa shape index (κ1) is 23.4. The molecule has 6 heteroatoms. The smallest absolute Gasteiger partial charge is 0.251 e. The molecule has 5 rings (SSSR count). The van der Waals surface area contributed by atoms with Crippen LogP contribution in [0.1, 0.15) is 33.1 Å². The Kier molecular flexibility index (Phi) is 7.31. The molecule has 0 saturated carbocycles. The first-order chi connectivity index (χ1) is 17.2. The Morgan fingerprint density at radius 1 is 0.943 bits per heavy atom. The van der Waals surface area contributed by atoms with Crippen LogP contribution in [0, 0.1) is 0 Å². The van der Waals surface area contributed by atoms with Crippen molar-refractivity contribution in [3.8, 4) is 5.75 Å². The van der Waals surface area contributed by atoms with Gasteiger partial charge in [0.2, 0.25) is 0 Å². The maximum absolute atomic E-state index is 13.0. The summed E-state index contributed by atoms with van der Waals surface area (Å²) in [6, 6.07) is 24.8. The first-order valence-electron chi connectivity index (χ1n) is 12.4. The van der Waals surface area contributed by atoms with Crippen molar-refractivity contribution in [3.05, 3.63) is 95.1 Å². The Hall–Kier alpha value is -3.35. The molecular weight excluding hydrogens is 438 g/mol. The molecule has 1 N–H and O–H groups in total. The number of amides is 1. The summed E-state index contributed by atoms with van der Waals surface area (Å²) < 4.78 is 10.9. The van der Waals surface area contributed by atoms with Crippen LogP contribution in [-0.4, -0.2) is 57.3 Å². The number of carbonyl (C=O) groups excluding carboxylic acids is 1. The Bertz CT molecular complexity index is 1120. The highest BCUT2D eigenvalue weighted by Crippen LogP contribution is 2.26. The predicted molar refractivity (Wildman–Crippen MR) is 138 cm³/mol. The largest absolute Gasteiger partial charge is 0.497 e. The molecule has 2 aliphatic rings. The molecule has 0 spiro atoms. The number of nitrogens with zero attached hydrogens (tertiary/aromatic N) is 2. The second-order valence-electron chi connectivity index (χ2n) is 9.13. The number of methoxy groups -OCH3 is 1. The van der Waals surface area contributed by atoms with Crippen LogP contribution in [0.5, 0.6) is 5.75 Å². The van der Waals surface area contributed by atoms with Crippen LogP contribution in [-0.2, 0) is 17.7 Å². The molecule has 1 amide bonds. The zero-order chi connectivity index (χ0) is 24.0. The maximum atomic E-state index is 13.0. The molecule has 2 aliphatic heterocycles. The van der Waals surface area contributed by atoms with Crippen LogP contribution < -0.4 is 15.0 Å². The summed E-state index contributed by atoms with van der Waals surface area (Å²) in [5.74, 6) is 0.781. The third kappa shape index (κ3) is 5.50. The van der Waals surface area contributed by atoms with Crippen LogP contribution in [0.3, 0.4) is 0 Å². The van der Waals surface area contributed by atoms with Crippen molar-refractivity contribution in [1.29, 1.82) is 0 Å². The molecule has 6 nitrogen and oxygen atoms in total. The molecule has 0 radical (unpaired) electrons. The van der Waals surface area contributed by atoms with Gasteiger partial charge >= 0.3 is 0 Å². The Morgan fingerprint density at radius 3 is 2.37 bits per heavy atom. The van der Waals surface area contributed by atoms with Crippen molar-refractivity contribution in [2.45, 2.75) is 19.0 Å². The molecule has 0 bridgehead atoms. The Morgan fingerprint density at radius 2 is 1.66 bits per heavy atom. The SMILES string of the molecule is COc1ccc(C(CNC(=O)c2ccc(N3CCc4ccccc4C3)cc2)N2CCOCC2)cc1. The lowest BCUT2D eigenvalue weighted by atomic mass is 9.99. The van der Waals surface area contributed by atoms with Crippen LogP contribution in [0.15, 0.2) is 72.8 Å². The number of hydrogen-bond donors (Lipinski definition) is 1. The maximum Gasteiger partial charge on any atom is 0.251 e. The highest BCUT2D eigenvalue weighted by Gasteiger charge is 2.24. The summed E-state index contributed by atoms with van der Waals surface area (Å²) in [6.07, 6.45) is 1.05. The van der Waals surface area contributed by atoms with Crippen LogP contribution in [0.2, 0.25) is 0 Å². The van der Waals surface area contributed by atoms with Crippen LogP contribution in [0.25, 0.3) is 0 Å². The van der Waals surface area contributed by atoms with E-state index in [4.69, 9.17) is 9.47 Å². The third-order valence-corrected chi connectivity index (χ3v) is 7.07. The molecule has 0 aliphatic carbocycles. The highest BCUT2D eigenvalue weighted by atomic mass is 16.5. The predicted octanol–water partition coefficient (Wildman–Crippen LogP) is 4.06. The van der Waals surface area contributed by atoms with E-state index in [1.807, 2.05) is 24.3 Å². The fourth-order valence-corrected chi connectivity index (χ4v) is 5.00. The van der Waals surface area contributed by atoms with Gasteiger partial charge in [-0.3, -0.25) is 9.69 Å². The van der Waals surface area contributed by atoms with Gasteiger partial charge in [-0.05, 0) is 59.5 Å². The van der Waals surface area contributed by atoms with Gasteiger partial charge < -0.3 is 19.7 Å². The van der Waals surface area contributed by atoms with Gasteiger partial charge in [0.15, 0.2) is 0 Å². The minimum atomic E-state index is -0.0488. The molecule has 3 aromatic rings. The van der Waals surface area contributed by atoms with Gasteiger partial charge in [-0.25, -0.2) is 0 Å². The normalized spacial score (nSPS) is 16.9. The molecule has 0 aromatic heterocycles. The molecule has 35 heavy (non-hydrogen) atoms. The molecule has 1 atom stereocenters. The lowest BCUT2D eigenvalue weighted by Crippen LogP contribution is -2.43. The fraction of sp³-hybridized carbons (Fsp3) is 0.345. The summed E-state index contributed by atoms with van der Waals surface area (Å²) in [5.41, 5.74) is 5.82. The average Bonchev–Trinajstić information content (AvgIpc) is 2.94. The number of hydrogen-bond acceptors (Lipinski definition) is 5. The van der Waals surface area contributed by atoms with E-state index < -0.39 is 0 Å². The van der Waals surface area contributed by atoms with Crippen molar-refractivity contribution >= 4 is 11.6 Å². The highest BCUT2D eigenvalue weighted by molar-refractivity contribution is 5.94. The number of benzene rings is 3. The topological polar surface area (TPSA) is 54.0 Å². The Balaban J connectivity index is 1.24. The minimum Gasteiger partial charge on any atom is -0.497 e. The number of ether oxygens (including phenoxy) is 2. The summed E-state index contributed by atoms with van der Waals surface area (Å²) in [5, 5.41) is 3.17. The second-order valence-corrected chi connectivity index (χ2v) is 9.13. The van der Waals surface area contributed by atoms with Crippen LogP contribution >= 0.6 is 0 Å². The van der Waals surface area contributed by atoms with Crippen molar-refractivity contribution in [2.24, 2.45) is 0 Å². The van der Waals surface area contributed by atoms with Crippen LogP contribution in [0.4, 0.5) is 5.69 Å². The lowest BCUT2D eigenvalue weighted by molar-refractivity contribution is 0.0162. The molecular formula is C29H33N3O3. The van der Waals surface area contributed by atoms with E-state index in [0.717, 1.165) is 49.6 Å². The van der Waals surface area contributed by atoms with E-state index in [2.05, 4.69) is 63.6 Å². The monoisotopic (exact) mass is 471 g/mol. The van der Waals surface area contributed by atoms with E-state index in [-0.39, 0.29) is 11.9 Å². The minimum absolute atomic E-state index is 0.0488.